The molecular weight excluding hydrogens is 320 g/mol. The van der Waals surface area contributed by atoms with Gasteiger partial charge in [0.25, 0.3) is 0 Å². The Morgan fingerprint density at radius 3 is 2.09 bits per heavy atom. The first-order chi connectivity index (χ1) is 11.0. The first-order valence-electron chi connectivity index (χ1n) is 7.24. The topological polar surface area (TPSA) is 94.5 Å². The number of hydrogen-bond acceptors (Lipinski definition) is 7. The Morgan fingerprint density at radius 1 is 1.17 bits per heavy atom. The highest BCUT2D eigenvalue weighted by Gasteiger charge is 2.30. The molecule has 0 aromatic heterocycles. The van der Waals surface area contributed by atoms with Gasteiger partial charge in [0, 0.05) is 21.3 Å². The number of rotatable bonds is 7. The molecule has 1 aromatic carbocycles. The summed E-state index contributed by atoms with van der Waals surface area (Å²) < 4.78 is 19.2. The van der Waals surface area contributed by atoms with Crippen molar-refractivity contribution >= 4 is 15.5 Å². The van der Waals surface area contributed by atoms with Gasteiger partial charge in [0.1, 0.15) is 12.4 Å². The lowest BCUT2D eigenvalue weighted by Gasteiger charge is -2.09. The first kappa shape index (κ1) is 19.6. The summed E-state index contributed by atoms with van der Waals surface area (Å²) in [6.45, 7) is 0.0460. The molecule has 1 aliphatic carbocycles. The van der Waals surface area contributed by atoms with Gasteiger partial charge in [0.2, 0.25) is 0 Å². The number of carbonyl (C=O) groups is 1. The van der Waals surface area contributed by atoms with Crippen LogP contribution in [0.4, 0.5) is 0 Å². The van der Waals surface area contributed by atoms with Crippen LogP contribution in [0.5, 0.6) is 5.75 Å². The van der Waals surface area contributed by atoms with Crippen molar-refractivity contribution in [2.75, 3.05) is 27.9 Å². The maximum atomic E-state index is 11.5. The highest BCUT2D eigenvalue weighted by molar-refractivity contribution is 6.36. The molecule has 1 saturated carbocycles. The average molecular weight is 344 g/mol. The molecule has 1 aromatic rings. The molecule has 0 saturated heterocycles. The molecule has 0 radical (unpaired) electrons. The predicted molar refractivity (Wildman–Crippen MR) is 85.3 cm³/mol. The van der Waals surface area contributed by atoms with Crippen molar-refractivity contribution in [3.8, 4) is 5.75 Å². The molecule has 23 heavy (non-hydrogen) atoms. The number of carbonyl (C=O) groups excluding carboxylic acids is 1. The SMILES string of the molecule is CO[SiH](OC)OC.O=C(OCC(O)C1CC1)c1ccc(O)cc1. The second-order valence-corrected chi connectivity index (χ2v) is 7.04. The smallest absolute Gasteiger partial charge is 0.483 e. The average Bonchev–Trinajstić information content (AvgIpc) is 3.40. The van der Waals surface area contributed by atoms with Crippen LogP contribution in [0.3, 0.4) is 0 Å². The van der Waals surface area contributed by atoms with Gasteiger partial charge in [-0.05, 0) is 43.0 Å². The molecule has 0 aliphatic heterocycles. The lowest BCUT2D eigenvalue weighted by Crippen LogP contribution is -2.21. The molecule has 130 valence electrons. The van der Waals surface area contributed by atoms with Crippen LogP contribution in [-0.4, -0.2) is 59.7 Å². The summed E-state index contributed by atoms with van der Waals surface area (Å²) in [7, 11) is 3.05. The fourth-order valence-corrected chi connectivity index (χ4v) is 2.33. The zero-order valence-electron chi connectivity index (χ0n) is 13.6. The summed E-state index contributed by atoms with van der Waals surface area (Å²) >= 11 is 0. The zero-order chi connectivity index (χ0) is 17.2. The summed E-state index contributed by atoms with van der Waals surface area (Å²) in [5.41, 5.74) is 0.376. The normalized spacial score (nSPS) is 14.8. The molecule has 0 heterocycles. The third-order valence-electron chi connectivity index (χ3n) is 3.23. The number of ether oxygens (including phenoxy) is 1. The van der Waals surface area contributed by atoms with Crippen molar-refractivity contribution in [1.29, 1.82) is 0 Å². The summed E-state index contributed by atoms with van der Waals surface area (Å²) in [6.07, 6.45) is 1.48. The van der Waals surface area contributed by atoms with Crippen LogP contribution in [0.25, 0.3) is 0 Å². The third kappa shape index (κ3) is 7.57. The standard InChI is InChI=1S/C12H14O4.C3H10O3Si/c13-10-5-3-9(4-6-10)12(15)16-7-11(14)8-1-2-8;1-4-7(5-2)6-3/h3-6,8,11,13-14H,1-2,7H2;7H,1-3H3. The molecule has 1 unspecified atom stereocenters. The summed E-state index contributed by atoms with van der Waals surface area (Å²) in [6, 6.07) is 5.82. The van der Waals surface area contributed by atoms with Gasteiger partial charge < -0.3 is 28.2 Å². The van der Waals surface area contributed by atoms with Crippen molar-refractivity contribution in [2.24, 2.45) is 5.92 Å². The van der Waals surface area contributed by atoms with E-state index < -0.39 is 21.6 Å². The number of hydrogen-bond donors (Lipinski definition) is 2. The van der Waals surface area contributed by atoms with Crippen LogP contribution in [-0.2, 0) is 18.0 Å². The quantitative estimate of drug-likeness (QED) is 0.562. The van der Waals surface area contributed by atoms with E-state index >= 15 is 0 Å². The van der Waals surface area contributed by atoms with Crippen LogP contribution in [0.15, 0.2) is 24.3 Å². The van der Waals surface area contributed by atoms with Gasteiger partial charge in [-0.3, -0.25) is 0 Å². The van der Waals surface area contributed by atoms with Crippen molar-refractivity contribution in [3.63, 3.8) is 0 Å². The van der Waals surface area contributed by atoms with Crippen LogP contribution in [0.2, 0.25) is 0 Å². The number of phenols is 1. The second-order valence-electron chi connectivity index (χ2n) is 5.05. The molecule has 0 spiro atoms. The Labute approximate surface area is 137 Å². The summed E-state index contributed by atoms with van der Waals surface area (Å²) in [4.78, 5) is 11.5. The Hall–Kier alpha value is -1.45. The summed E-state index contributed by atoms with van der Waals surface area (Å²) in [5, 5.41) is 18.6. The van der Waals surface area contributed by atoms with Crippen LogP contribution >= 0.6 is 0 Å². The van der Waals surface area contributed by atoms with E-state index in [0.717, 1.165) is 12.8 Å². The fraction of sp³-hybridized carbons (Fsp3) is 0.533. The van der Waals surface area contributed by atoms with Crippen molar-refractivity contribution in [2.45, 2.75) is 18.9 Å². The van der Waals surface area contributed by atoms with Crippen LogP contribution in [0.1, 0.15) is 23.2 Å². The Kier molecular flexibility index (Phi) is 8.81. The van der Waals surface area contributed by atoms with Gasteiger partial charge in [0.15, 0.2) is 0 Å². The molecule has 2 N–H and O–H groups in total. The van der Waals surface area contributed by atoms with Crippen molar-refractivity contribution < 1.29 is 33.0 Å². The van der Waals surface area contributed by atoms with Gasteiger partial charge in [0.05, 0.1) is 11.7 Å². The third-order valence-corrected chi connectivity index (χ3v) is 4.39. The van der Waals surface area contributed by atoms with E-state index in [1.165, 1.54) is 24.3 Å². The Bertz CT molecular complexity index is 452. The predicted octanol–water partition coefficient (Wildman–Crippen LogP) is 0.963. The van der Waals surface area contributed by atoms with Gasteiger partial charge >= 0.3 is 15.5 Å². The number of benzene rings is 1. The molecule has 1 fully saturated rings. The number of aromatic hydroxyl groups is 1. The molecule has 8 heteroatoms. The molecule has 2 rings (SSSR count). The van der Waals surface area contributed by atoms with E-state index in [1.807, 2.05) is 0 Å². The monoisotopic (exact) mass is 344 g/mol. The molecule has 7 nitrogen and oxygen atoms in total. The lowest BCUT2D eigenvalue weighted by atomic mass is 10.2. The Balaban J connectivity index is 0.000000322. The van der Waals surface area contributed by atoms with Crippen LogP contribution < -0.4 is 0 Å². The van der Waals surface area contributed by atoms with Gasteiger partial charge in [-0.15, -0.1) is 0 Å². The zero-order valence-corrected chi connectivity index (χ0v) is 14.8. The van der Waals surface area contributed by atoms with Gasteiger partial charge in [-0.1, -0.05) is 0 Å². The van der Waals surface area contributed by atoms with Crippen LogP contribution in [0, 0.1) is 5.92 Å². The highest BCUT2D eigenvalue weighted by Crippen LogP contribution is 2.32. The number of phenolic OH excluding ortho intramolecular Hbond substituents is 1. The largest absolute Gasteiger partial charge is 0.508 e. The maximum Gasteiger partial charge on any atom is 0.483 e. The van der Waals surface area contributed by atoms with E-state index in [2.05, 4.69) is 0 Å². The highest BCUT2D eigenvalue weighted by atomic mass is 28.3. The van der Waals surface area contributed by atoms with Crippen molar-refractivity contribution in [1.82, 2.24) is 0 Å². The second kappa shape index (κ2) is 10.3. The number of aliphatic hydroxyl groups is 1. The maximum absolute atomic E-state index is 11.5. The molecule has 1 atom stereocenters. The minimum atomic E-state index is -1.67. The molecule has 0 amide bonds. The Morgan fingerprint density at radius 2 is 1.70 bits per heavy atom. The van der Waals surface area contributed by atoms with Gasteiger partial charge in [-0.25, -0.2) is 4.79 Å². The molecular formula is C15H24O7Si. The molecule has 0 bridgehead atoms. The minimum Gasteiger partial charge on any atom is -0.508 e. The fourth-order valence-electron chi connectivity index (χ4n) is 1.75. The first-order valence-corrected chi connectivity index (χ1v) is 8.65. The number of esters is 1. The number of aliphatic hydroxyl groups excluding tert-OH is 1. The molecule has 1 aliphatic rings. The van der Waals surface area contributed by atoms with Crippen molar-refractivity contribution in [3.05, 3.63) is 29.8 Å². The summed E-state index contributed by atoms with van der Waals surface area (Å²) in [5.74, 6) is -0.0677. The van der Waals surface area contributed by atoms with E-state index in [0.29, 0.717) is 11.5 Å². The van der Waals surface area contributed by atoms with E-state index in [9.17, 15) is 9.90 Å². The van der Waals surface area contributed by atoms with E-state index in [4.69, 9.17) is 23.1 Å². The lowest BCUT2D eigenvalue weighted by molar-refractivity contribution is 0.0204. The van der Waals surface area contributed by atoms with E-state index in [1.54, 1.807) is 21.3 Å². The minimum absolute atomic E-state index is 0.0460. The van der Waals surface area contributed by atoms with E-state index in [-0.39, 0.29) is 12.4 Å². The van der Waals surface area contributed by atoms with Gasteiger partial charge in [-0.2, -0.15) is 0 Å².